The van der Waals surface area contributed by atoms with E-state index in [-0.39, 0.29) is 0 Å². The Labute approximate surface area is 104 Å². The van der Waals surface area contributed by atoms with E-state index in [1.165, 1.54) is 0 Å². The molecule has 2 N–H and O–H groups in total. The number of nitrogens with zero attached hydrogens (tertiary/aromatic N) is 1. The Hall–Kier alpha value is -1.77. The van der Waals surface area contributed by atoms with Gasteiger partial charge in [-0.15, -0.1) is 0 Å². The molecule has 0 aromatic carbocycles. The Morgan fingerprint density at radius 2 is 2.05 bits per heavy atom. The molecular formula is C10H9F5N2O2. The molecule has 0 unspecified atom stereocenters. The van der Waals surface area contributed by atoms with Crippen molar-refractivity contribution >= 4 is 5.97 Å². The van der Waals surface area contributed by atoms with Gasteiger partial charge in [-0.1, -0.05) is 0 Å². The van der Waals surface area contributed by atoms with Crippen molar-refractivity contribution < 1.29 is 31.5 Å². The SMILES string of the molecule is COC(=O)c1cc(C(F)F)c(CN)c(C(F)(F)F)n1. The molecule has 0 amide bonds. The fourth-order valence-corrected chi connectivity index (χ4v) is 1.44. The van der Waals surface area contributed by atoms with E-state index < -0.39 is 47.6 Å². The molecule has 0 spiro atoms. The van der Waals surface area contributed by atoms with E-state index in [0.717, 1.165) is 7.11 Å². The second kappa shape index (κ2) is 5.47. The van der Waals surface area contributed by atoms with E-state index in [4.69, 9.17) is 5.73 Å². The van der Waals surface area contributed by atoms with Crippen molar-refractivity contribution in [3.05, 3.63) is 28.6 Å². The number of hydrogen-bond acceptors (Lipinski definition) is 4. The van der Waals surface area contributed by atoms with Gasteiger partial charge in [0.1, 0.15) is 11.4 Å². The van der Waals surface area contributed by atoms with E-state index in [1.54, 1.807) is 0 Å². The third-order valence-electron chi connectivity index (χ3n) is 2.26. The lowest BCUT2D eigenvalue weighted by Crippen LogP contribution is -2.20. The fraction of sp³-hybridized carbons (Fsp3) is 0.400. The van der Waals surface area contributed by atoms with Crippen LogP contribution in [0.25, 0.3) is 0 Å². The summed E-state index contributed by atoms with van der Waals surface area (Å²) in [6.07, 6.45) is -8.21. The third kappa shape index (κ3) is 3.16. The number of carbonyl (C=O) groups excluding carboxylic acids is 1. The molecule has 0 atom stereocenters. The summed E-state index contributed by atoms with van der Waals surface area (Å²) in [7, 11) is 0.899. The number of alkyl halides is 5. The molecule has 0 radical (unpaired) electrons. The minimum absolute atomic E-state index is 0.550. The van der Waals surface area contributed by atoms with Gasteiger partial charge < -0.3 is 10.5 Å². The van der Waals surface area contributed by atoms with Crippen LogP contribution in [0.4, 0.5) is 22.0 Å². The maximum Gasteiger partial charge on any atom is 0.433 e. The van der Waals surface area contributed by atoms with E-state index >= 15 is 0 Å². The number of carbonyl (C=O) groups is 1. The summed E-state index contributed by atoms with van der Waals surface area (Å²) in [5.41, 5.74) is 0.787. The quantitative estimate of drug-likeness (QED) is 0.683. The Bertz CT molecular complexity index is 488. The van der Waals surface area contributed by atoms with Crippen molar-refractivity contribution in [3.63, 3.8) is 0 Å². The number of pyridine rings is 1. The summed E-state index contributed by atoms with van der Waals surface area (Å²) in [4.78, 5) is 14.2. The van der Waals surface area contributed by atoms with Crippen LogP contribution >= 0.6 is 0 Å². The smallest absolute Gasteiger partial charge is 0.433 e. The van der Waals surface area contributed by atoms with Gasteiger partial charge in [0, 0.05) is 17.7 Å². The van der Waals surface area contributed by atoms with Gasteiger partial charge in [0.05, 0.1) is 7.11 Å². The van der Waals surface area contributed by atoms with Gasteiger partial charge in [-0.2, -0.15) is 13.2 Å². The highest BCUT2D eigenvalue weighted by Gasteiger charge is 2.38. The highest BCUT2D eigenvalue weighted by Crippen LogP contribution is 2.35. The second-order valence-corrected chi connectivity index (χ2v) is 3.42. The summed E-state index contributed by atoms with van der Waals surface area (Å²) in [6, 6.07) is 0.550. The van der Waals surface area contributed by atoms with Crippen LogP contribution in [0, 0.1) is 0 Å². The molecule has 0 aliphatic rings. The van der Waals surface area contributed by atoms with Crippen LogP contribution in [0.5, 0.6) is 0 Å². The van der Waals surface area contributed by atoms with Crippen molar-refractivity contribution in [2.75, 3.05) is 7.11 Å². The van der Waals surface area contributed by atoms with Gasteiger partial charge in [-0.25, -0.2) is 18.6 Å². The summed E-state index contributed by atoms with van der Waals surface area (Å²) < 4.78 is 67.8. The van der Waals surface area contributed by atoms with E-state index in [2.05, 4.69) is 9.72 Å². The fourth-order valence-electron chi connectivity index (χ4n) is 1.44. The molecule has 0 saturated heterocycles. The first kappa shape index (κ1) is 15.3. The molecule has 19 heavy (non-hydrogen) atoms. The van der Waals surface area contributed by atoms with Gasteiger partial charge >= 0.3 is 12.1 Å². The molecule has 0 aliphatic carbocycles. The molecular weight excluding hydrogens is 275 g/mol. The number of halogens is 5. The maximum atomic E-state index is 12.7. The monoisotopic (exact) mass is 284 g/mol. The Morgan fingerprint density at radius 1 is 1.47 bits per heavy atom. The van der Waals surface area contributed by atoms with Crippen molar-refractivity contribution in [2.45, 2.75) is 19.1 Å². The van der Waals surface area contributed by atoms with Crippen LogP contribution < -0.4 is 5.73 Å². The van der Waals surface area contributed by atoms with Crippen LogP contribution in [0.2, 0.25) is 0 Å². The summed E-state index contributed by atoms with van der Waals surface area (Å²) in [6.45, 7) is -0.775. The lowest BCUT2D eigenvalue weighted by Gasteiger charge is -2.15. The van der Waals surface area contributed by atoms with Crippen LogP contribution in [0.15, 0.2) is 6.07 Å². The maximum absolute atomic E-state index is 12.7. The Morgan fingerprint density at radius 3 is 2.42 bits per heavy atom. The second-order valence-electron chi connectivity index (χ2n) is 3.42. The molecule has 1 aromatic rings. The molecule has 1 rings (SSSR count). The summed E-state index contributed by atoms with van der Waals surface area (Å²) >= 11 is 0. The lowest BCUT2D eigenvalue weighted by molar-refractivity contribution is -0.142. The Kier molecular flexibility index (Phi) is 4.40. The first-order valence-corrected chi connectivity index (χ1v) is 4.89. The van der Waals surface area contributed by atoms with Crippen LogP contribution in [0.3, 0.4) is 0 Å². The molecule has 4 nitrogen and oxygen atoms in total. The van der Waals surface area contributed by atoms with Crippen molar-refractivity contribution in [3.8, 4) is 0 Å². The van der Waals surface area contributed by atoms with Crippen molar-refractivity contribution in [1.82, 2.24) is 4.98 Å². The topological polar surface area (TPSA) is 65.2 Å². The number of esters is 1. The predicted octanol–water partition coefficient (Wildman–Crippen LogP) is 2.28. The summed E-state index contributed by atoms with van der Waals surface area (Å²) in [5, 5.41) is 0. The highest BCUT2D eigenvalue weighted by atomic mass is 19.4. The van der Waals surface area contributed by atoms with E-state index in [9.17, 15) is 26.7 Å². The van der Waals surface area contributed by atoms with Gasteiger partial charge in [0.25, 0.3) is 6.43 Å². The normalized spacial score (nSPS) is 11.8. The standard InChI is InChI=1S/C10H9F5N2O2/c1-19-9(18)6-2-4(8(11)12)5(3-16)7(17-6)10(13,14)15/h2,8H,3,16H2,1H3. The molecule has 0 fully saturated rings. The minimum atomic E-state index is -5.00. The third-order valence-corrected chi connectivity index (χ3v) is 2.26. The predicted molar refractivity (Wildman–Crippen MR) is 53.4 cm³/mol. The number of aromatic nitrogens is 1. The number of nitrogens with two attached hydrogens (primary N) is 1. The molecule has 0 saturated carbocycles. The zero-order chi connectivity index (χ0) is 14.8. The first-order chi connectivity index (χ1) is 8.72. The number of methoxy groups -OCH3 is 1. The summed E-state index contributed by atoms with van der Waals surface area (Å²) in [5.74, 6) is -1.24. The van der Waals surface area contributed by atoms with Crippen molar-refractivity contribution in [1.29, 1.82) is 0 Å². The highest BCUT2D eigenvalue weighted by molar-refractivity contribution is 5.87. The molecule has 1 heterocycles. The number of rotatable bonds is 3. The molecule has 9 heteroatoms. The van der Waals surface area contributed by atoms with E-state index in [0.29, 0.717) is 6.07 Å². The number of ether oxygens (including phenoxy) is 1. The molecule has 1 aromatic heterocycles. The van der Waals surface area contributed by atoms with Crippen LogP contribution in [-0.4, -0.2) is 18.1 Å². The van der Waals surface area contributed by atoms with Gasteiger partial charge in [0.2, 0.25) is 0 Å². The Balaban J connectivity index is 3.59. The largest absolute Gasteiger partial charge is 0.464 e. The zero-order valence-electron chi connectivity index (χ0n) is 9.59. The van der Waals surface area contributed by atoms with Crippen molar-refractivity contribution in [2.24, 2.45) is 5.73 Å². The molecule has 0 bridgehead atoms. The number of hydrogen-bond donors (Lipinski definition) is 1. The molecule has 0 aliphatic heterocycles. The lowest BCUT2D eigenvalue weighted by atomic mass is 10.0. The minimum Gasteiger partial charge on any atom is -0.464 e. The first-order valence-electron chi connectivity index (χ1n) is 4.89. The molecule has 106 valence electrons. The zero-order valence-corrected chi connectivity index (χ0v) is 9.59. The van der Waals surface area contributed by atoms with Gasteiger partial charge in [-0.3, -0.25) is 0 Å². The van der Waals surface area contributed by atoms with Gasteiger partial charge in [-0.05, 0) is 6.07 Å². The van der Waals surface area contributed by atoms with E-state index in [1.807, 2.05) is 0 Å². The average Bonchev–Trinajstić information content (AvgIpc) is 2.34. The van der Waals surface area contributed by atoms with Gasteiger partial charge in [0.15, 0.2) is 0 Å². The van der Waals surface area contributed by atoms with Crippen LogP contribution in [-0.2, 0) is 17.5 Å². The average molecular weight is 284 g/mol. The van der Waals surface area contributed by atoms with Crippen LogP contribution in [0.1, 0.15) is 33.7 Å².